The fourth-order valence-corrected chi connectivity index (χ4v) is 2.84. The normalized spacial score (nSPS) is 11.1. The van der Waals surface area contributed by atoms with Crippen molar-refractivity contribution in [3.8, 4) is 11.3 Å². The van der Waals surface area contributed by atoms with Gasteiger partial charge in [0.25, 0.3) is 0 Å². The molecule has 2 heteroatoms. The molecule has 4 rings (SSSR count). The summed E-state index contributed by atoms with van der Waals surface area (Å²) in [6.07, 6.45) is 1.91. The van der Waals surface area contributed by atoms with Crippen molar-refractivity contribution in [1.29, 1.82) is 0 Å². The van der Waals surface area contributed by atoms with Crippen molar-refractivity contribution in [3.63, 3.8) is 0 Å². The number of fused-ring (bicyclic) bond motifs is 3. The van der Waals surface area contributed by atoms with Gasteiger partial charge in [-0.3, -0.25) is 0 Å². The van der Waals surface area contributed by atoms with Gasteiger partial charge in [0, 0.05) is 17.0 Å². The van der Waals surface area contributed by atoms with Crippen LogP contribution in [0.5, 0.6) is 0 Å². The molecule has 0 atom stereocenters. The van der Waals surface area contributed by atoms with E-state index in [-0.39, 0.29) is 5.82 Å². The molecule has 1 heterocycles. The standard InChI is InChI=1S/C19H12FN/c20-15-8-6-13-7-9-17-16(18(13)12-15)10-11-21-19(17)14-4-2-1-3-5-14/h1-12H/p+1. The number of hydrogen-bond donors (Lipinski definition) is 0. The third-order valence-electron chi connectivity index (χ3n) is 3.83. The average Bonchev–Trinajstić information content (AvgIpc) is 2.55. The number of H-pyrrole nitrogens is 1. The van der Waals surface area contributed by atoms with Crippen LogP contribution >= 0.6 is 0 Å². The van der Waals surface area contributed by atoms with Crippen molar-refractivity contribution in [3.05, 3.63) is 78.7 Å². The molecule has 4 aromatic rings. The maximum absolute atomic E-state index is 13.6. The number of rotatable bonds is 1. The van der Waals surface area contributed by atoms with Gasteiger partial charge in [-0.2, -0.15) is 0 Å². The maximum Gasteiger partial charge on any atom is 0.218 e. The molecule has 1 aromatic heterocycles. The summed E-state index contributed by atoms with van der Waals surface area (Å²) in [4.78, 5) is 3.31. The summed E-state index contributed by atoms with van der Waals surface area (Å²) in [5, 5.41) is 4.15. The van der Waals surface area contributed by atoms with E-state index in [9.17, 15) is 4.39 Å². The Morgan fingerprint density at radius 3 is 2.38 bits per heavy atom. The lowest BCUT2D eigenvalue weighted by molar-refractivity contribution is -0.362. The van der Waals surface area contributed by atoms with Gasteiger partial charge in [0.15, 0.2) is 6.20 Å². The van der Waals surface area contributed by atoms with Crippen LogP contribution in [0.2, 0.25) is 0 Å². The first-order valence-corrected chi connectivity index (χ1v) is 6.91. The molecular formula is C19H13FN+. The predicted octanol–water partition coefficient (Wildman–Crippen LogP) is 4.61. The highest BCUT2D eigenvalue weighted by Gasteiger charge is 2.12. The predicted molar refractivity (Wildman–Crippen MR) is 83.4 cm³/mol. The largest absolute Gasteiger partial charge is 0.218 e. The monoisotopic (exact) mass is 274 g/mol. The lowest BCUT2D eigenvalue weighted by atomic mass is 9.99. The maximum atomic E-state index is 13.6. The average molecular weight is 274 g/mol. The van der Waals surface area contributed by atoms with Gasteiger partial charge in [-0.25, -0.2) is 9.37 Å². The van der Waals surface area contributed by atoms with E-state index in [0.29, 0.717) is 0 Å². The molecule has 0 aliphatic heterocycles. The minimum atomic E-state index is -0.205. The summed E-state index contributed by atoms with van der Waals surface area (Å²) < 4.78 is 13.6. The number of pyridine rings is 1. The Kier molecular flexibility index (Phi) is 2.68. The van der Waals surface area contributed by atoms with E-state index < -0.39 is 0 Å². The van der Waals surface area contributed by atoms with Gasteiger partial charge < -0.3 is 0 Å². The van der Waals surface area contributed by atoms with Crippen LogP contribution in [0.3, 0.4) is 0 Å². The van der Waals surface area contributed by atoms with E-state index in [1.54, 1.807) is 6.07 Å². The highest BCUT2D eigenvalue weighted by atomic mass is 19.1. The number of hydrogen-bond acceptors (Lipinski definition) is 0. The second-order valence-electron chi connectivity index (χ2n) is 5.11. The van der Waals surface area contributed by atoms with Gasteiger partial charge in [-0.15, -0.1) is 0 Å². The molecule has 100 valence electrons. The Labute approximate surface area is 121 Å². The van der Waals surface area contributed by atoms with Gasteiger partial charge in [0.1, 0.15) is 5.82 Å². The van der Waals surface area contributed by atoms with Crippen LogP contribution in [0, 0.1) is 5.82 Å². The van der Waals surface area contributed by atoms with E-state index in [1.165, 1.54) is 6.07 Å². The van der Waals surface area contributed by atoms with E-state index in [0.717, 1.165) is 32.8 Å². The molecule has 0 fully saturated rings. The second-order valence-corrected chi connectivity index (χ2v) is 5.11. The van der Waals surface area contributed by atoms with E-state index >= 15 is 0 Å². The zero-order valence-electron chi connectivity index (χ0n) is 11.3. The van der Waals surface area contributed by atoms with Crippen LogP contribution in [0.25, 0.3) is 32.8 Å². The molecule has 0 aliphatic rings. The van der Waals surface area contributed by atoms with Gasteiger partial charge in [0.2, 0.25) is 5.69 Å². The molecule has 3 aromatic carbocycles. The highest BCUT2D eigenvalue weighted by molar-refractivity contribution is 6.10. The van der Waals surface area contributed by atoms with E-state index in [2.05, 4.69) is 23.2 Å². The summed E-state index contributed by atoms with van der Waals surface area (Å²) in [5.41, 5.74) is 2.18. The van der Waals surface area contributed by atoms with Gasteiger partial charge in [-0.1, -0.05) is 30.3 Å². The summed E-state index contributed by atoms with van der Waals surface area (Å²) in [7, 11) is 0. The van der Waals surface area contributed by atoms with Crippen LogP contribution < -0.4 is 4.98 Å². The Morgan fingerprint density at radius 2 is 1.52 bits per heavy atom. The number of aromatic nitrogens is 1. The quantitative estimate of drug-likeness (QED) is 0.450. The first-order chi connectivity index (χ1) is 10.3. The molecule has 0 bridgehead atoms. The van der Waals surface area contributed by atoms with E-state index in [1.807, 2.05) is 42.6 Å². The fraction of sp³-hybridized carbons (Fsp3) is 0. The zero-order chi connectivity index (χ0) is 14.2. The Hall–Kier alpha value is -2.74. The Balaban J connectivity index is 2.11. The van der Waals surface area contributed by atoms with Crippen molar-refractivity contribution in [2.24, 2.45) is 0 Å². The fourth-order valence-electron chi connectivity index (χ4n) is 2.84. The van der Waals surface area contributed by atoms with Crippen molar-refractivity contribution < 1.29 is 9.37 Å². The molecule has 1 nitrogen and oxygen atoms in total. The minimum Gasteiger partial charge on any atom is -0.211 e. The molecular weight excluding hydrogens is 261 g/mol. The first kappa shape index (κ1) is 12.0. The Morgan fingerprint density at radius 1 is 0.714 bits per heavy atom. The zero-order valence-corrected chi connectivity index (χ0v) is 11.3. The number of nitrogens with one attached hydrogen (secondary N) is 1. The van der Waals surface area contributed by atoms with Crippen LogP contribution in [0.15, 0.2) is 72.9 Å². The van der Waals surface area contributed by atoms with Crippen molar-refractivity contribution >= 4 is 21.5 Å². The smallest absolute Gasteiger partial charge is 0.211 e. The molecule has 21 heavy (non-hydrogen) atoms. The number of aromatic amines is 1. The van der Waals surface area contributed by atoms with Crippen molar-refractivity contribution in [2.45, 2.75) is 0 Å². The molecule has 0 unspecified atom stereocenters. The first-order valence-electron chi connectivity index (χ1n) is 6.91. The summed E-state index contributed by atoms with van der Waals surface area (Å²) >= 11 is 0. The SMILES string of the molecule is Fc1ccc2ccc3c(-c4ccccc4)[nH+]ccc3c2c1. The molecule has 0 saturated carbocycles. The third-order valence-corrected chi connectivity index (χ3v) is 3.83. The van der Waals surface area contributed by atoms with Gasteiger partial charge in [0.05, 0.1) is 5.39 Å². The second kappa shape index (κ2) is 4.67. The van der Waals surface area contributed by atoms with E-state index in [4.69, 9.17) is 0 Å². The lowest BCUT2D eigenvalue weighted by Gasteiger charge is -2.05. The summed E-state index contributed by atoms with van der Waals surface area (Å²) in [6.45, 7) is 0. The van der Waals surface area contributed by atoms with Crippen molar-refractivity contribution in [2.75, 3.05) is 0 Å². The third kappa shape index (κ3) is 1.96. The summed E-state index contributed by atoms with van der Waals surface area (Å²) in [6, 6.07) is 21.2. The van der Waals surface area contributed by atoms with Gasteiger partial charge in [-0.05, 0) is 41.1 Å². The highest BCUT2D eigenvalue weighted by Crippen LogP contribution is 2.30. The Bertz CT molecular complexity index is 945. The topological polar surface area (TPSA) is 14.1 Å². The van der Waals surface area contributed by atoms with Crippen LogP contribution in [0.1, 0.15) is 0 Å². The molecule has 1 N–H and O–H groups in total. The number of benzene rings is 3. The van der Waals surface area contributed by atoms with Crippen LogP contribution in [-0.2, 0) is 0 Å². The molecule has 0 amide bonds. The molecule has 0 radical (unpaired) electrons. The molecule has 0 spiro atoms. The molecule has 0 saturated heterocycles. The number of halogens is 1. The van der Waals surface area contributed by atoms with Gasteiger partial charge >= 0.3 is 0 Å². The lowest BCUT2D eigenvalue weighted by Crippen LogP contribution is -2.06. The van der Waals surface area contributed by atoms with Crippen LogP contribution in [-0.4, -0.2) is 0 Å². The van der Waals surface area contributed by atoms with Crippen molar-refractivity contribution in [1.82, 2.24) is 0 Å². The summed E-state index contributed by atoms with van der Waals surface area (Å²) in [5.74, 6) is -0.205. The van der Waals surface area contributed by atoms with Crippen LogP contribution in [0.4, 0.5) is 4.39 Å². The molecule has 0 aliphatic carbocycles. The minimum absolute atomic E-state index is 0.205.